The molecule has 1 unspecified atom stereocenters. The maximum atomic E-state index is 13.0. The highest BCUT2D eigenvalue weighted by Gasteiger charge is 2.17. The lowest BCUT2D eigenvalue weighted by atomic mass is 10.2. The van der Waals surface area contributed by atoms with Gasteiger partial charge in [0.2, 0.25) is 0 Å². The number of hydrazine groups is 1. The van der Waals surface area contributed by atoms with Crippen LogP contribution < -0.4 is 15.6 Å². The van der Waals surface area contributed by atoms with Crippen LogP contribution >= 0.6 is 15.9 Å². The van der Waals surface area contributed by atoms with Gasteiger partial charge >= 0.3 is 0 Å². The molecule has 0 fully saturated rings. The van der Waals surface area contributed by atoms with Gasteiger partial charge in [0, 0.05) is 5.56 Å². The summed E-state index contributed by atoms with van der Waals surface area (Å²) in [4.78, 5) is 23.7. The Bertz CT molecular complexity index is 710. The van der Waals surface area contributed by atoms with Gasteiger partial charge in [-0.15, -0.1) is 0 Å². The van der Waals surface area contributed by atoms with Crippen molar-refractivity contribution in [3.05, 3.63) is 64.4 Å². The van der Waals surface area contributed by atoms with Crippen LogP contribution in [0.2, 0.25) is 0 Å². The molecule has 0 aliphatic rings. The van der Waals surface area contributed by atoms with Crippen molar-refractivity contribution in [1.29, 1.82) is 0 Å². The molecule has 0 aliphatic heterocycles. The smallest absolute Gasteiger partial charge is 0.279 e. The summed E-state index contributed by atoms with van der Waals surface area (Å²) in [6.45, 7) is 1.51. The van der Waals surface area contributed by atoms with E-state index in [1.807, 2.05) is 0 Å². The third-order valence-electron chi connectivity index (χ3n) is 2.90. The highest BCUT2D eigenvalue weighted by atomic mass is 79.9. The van der Waals surface area contributed by atoms with E-state index in [0.717, 1.165) is 0 Å². The zero-order valence-corrected chi connectivity index (χ0v) is 13.8. The minimum Gasteiger partial charge on any atom is -0.480 e. The van der Waals surface area contributed by atoms with Gasteiger partial charge in [-0.05, 0) is 53.2 Å². The first-order chi connectivity index (χ1) is 11.0. The van der Waals surface area contributed by atoms with E-state index in [0.29, 0.717) is 15.8 Å². The molecule has 2 amide bonds. The quantitative estimate of drug-likeness (QED) is 0.801. The van der Waals surface area contributed by atoms with Crippen LogP contribution in [-0.4, -0.2) is 17.9 Å². The van der Waals surface area contributed by atoms with Crippen LogP contribution in [0, 0.1) is 5.82 Å². The molecule has 2 rings (SSSR count). The van der Waals surface area contributed by atoms with E-state index in [-0.39, 0.29) is 0 Å². The van der Waals surface area contributed by atoms with E-state index in [1.54, 1.807) is 30.3 Å². The lowest BCUT2D eigenvalue weighted by molar-refractivity contribution is -0.128. The monoisotopic (exact) mass is 380 g/mol. The van der Waals surface area contributed by atoms with Gasteiger partial charge in [0.05, 0.1) is 4.47 Å². The van der Waals surface area contributed by atoms with Crippen molar-refractivity contribution in [3.8, 4) is 5.75 Å². The van der Waals surface area contributed by atoms with Crippen molar-refractivity contribution in [1.82, 2.24) is 10.9 Å². The summed E-state index contributed by atoms with van der Waals surface area (Å²) in [7, 11) is 0. The molecule has 23 heavy (non-hydrogen) atoms. The summed E-state index contributed by atoms with van der Waals surface area (Å²) in [6.07, 6.45) is -0.882. The second-order valence-electron chi connectivity index (χ2n) is 4.64. The topological polar surface area (TPSA) is 67.4 Å². The van der Waals surface area contributed by atoms with Gasteiger partial charge in [-0.25, -0.2) is 4.39 Å². The van der Waals surface area contributed by atoms with E-state index in [4.69, 9.17) is 4.74 Å². The molecule has 0 saturated carbocycles. The predicted molar refractivity (Wildman–Crippen MR) is 86.2 cm³/mol. The van der Waals surface area contributed by atoms with Crippen molar-refractivity contribution in [2.45, 2.75) is 13.0 Å². The van der Waals surface area contributed by atoms with E-state index in [1.165, 1.54) is 25.1 Å². The van der Waals surface area contributed by atoms with Crippen molar-refractivity contribution >= 4 is 27.7 Å². The van der Waals surface area contributed by atoms with Crippen LogP contribution in [0.4, 0.5) is 4.39 Å². The van der Waals surface area contributed by atoms with Gasteiger partial charge < -0.3 is 4.74 Å². The largest absolute Gasteiger partial charge is 0.480 e. The molecular formula is C16H14BrFN2O3. The fraction of sp³-hybridized carbons (Fsp3) is 0.125. The summed E-state index contributed by atoms with van der Waals surface area (Å²) in [5.74, 6) is -1.07. The molecule has 0 heterocycles. The van der Waals surface area contributed by atoms with Crippen LogP contribution in [0.1, 0.15) is 17.3 Å². The Morgan fingerprint density at radius 3 is 2.48 bits per heavy atom. The van der Waals surface area contributed by atoms with Gasteiger partial charge in [0.15, 0.2) is 6.10 Å². The maximum Gasteiger partial charge on any atom is 0.279 e. The van der Waals surface area contributed by atoms with Crippen LogP contribution in [0.3, 0.4) is 0 Å². The number of halogens is 2. The lowest BCUT2D eigenvalue weighted by Crippen LogP contribution is -2.47. The Kier molecular flexibility index (Phi) is 5.70. The number of benzene rings is 2. The van der Waals surface area contributed by atoms with Crippen molar-refractivity contribution in [2.75, 3.05) is 0 Å². The molecule has 7 heteroatoms. The van der Waals surface area contributed by atoms with E-state index in [9.17, 15) is 14.0 Å². The Balaban J connectivity index is 1.89. The second kappa shape index (κ2) is 7.73. The van der Waals surface area contributed by atoms with Crippen LogP contribution in [0.5, 0.6) is 5.75 Å². The average Bonchev–Trinajstić information content (AvgIpc) is 2.55. The molecule has 0 bridgehead atoms. The number of hydrogen-bond acceptors (Lipinski definition) is 3. The van der Waals surface area contributed by atoms with Crippen molar-refractivity contribution < 1.29 is 18.7 Å². The molecule has 0 radical (unpaired) electrons. The molecule has 2 aromatic carbocycles. The molecule has 0 aromatic heterocycles. The van der Waals surface area contributed by atoms with Gasteiger partial charge in [0.25, 0.3) is 11.8 Å². The first kappa shape index (κ1) is 17.0. The van der Waals surface area contributed by atoms with Crippen molar-refractivity contribution in [2.24, 2.45) is 0 Å². The number of hydrogen-bond donors (Lipinski definition) is 2. The number of carbonyl (C=O) groups is 2. The van der Waals surface area contributed by atoms with Crippen LogP contribution in [-0.2, 0) is 4.79 Å². The standard InChI is InChI=1S/C16H14BrFN2O3/c1-10(23-14-8-7-12(18)9-13(14)17)15(21)19-20-16(22)11-5-3-2-4-6-11/h2-10H,1H3,(H,19,21)(H,20,22). The minimum atomic E-state index is -0.882. The summed E-state index contributed by atoms with van der Waals surface area (Å²) < 4.78 is 18.8. The summed E-state index contributed by atoms with van der Waals surface area (Å²) in [5, 5.41) is 0. The van der Waals surface area contributed by atoms with Crippen LogP contribution in [0.25, 0.3) is 0 Å². The highest BCUT2D eigenvalue weighted by Crippen LogP contribution is 2.26. The molecule has 5 nitrogen and oxygen atoms in total. The Labute approximate surface area is 140 Å². The normalized spacial score (nSPS) is 11.4. The van der Waals surface area contributed by atoms with E-state index < -0.39 is 23.7 Å². The zero-order chi connectivity index (χ0) is 16.8. The fourth-order valence-electron chi connectivity index (χ4n) is 1.70. The van der Waals surface area contributed by atoms with E-state index >= 15 is 0 Å². The molecule has 0 aliphatic carbocycles. The van der Waals surface area contributed by atoms with Gasteiger partial charge in [-0.1, -0.05) is 18.2 Å². The molecule has 120 valence electrons. The third-order valence-corrected chi connectivity index (χ3v) is 3.52. The second-order valence-corrected chi connectivity index (χ2v) is 5.50. The molecule has 0 spiro atoms. The van der Waals surface area contributed by atoms with Gasteiger partial charge in [0.1, 0.15) is 11.6 Å². The SMILES string of the molecule is CC(Oc1ccc(F)cc1Br)C(=O)NNC(=O)c1ccccc1. The Morgan fingerprint density at radius 1 is 1.13 bits per heavy atom. The van der Waals surface area contributed by atoms with Gasteiger partial charge in [-0.3, -0.25) is 20.4 Å². The molecule has 2 aromatic rings. The minimum absolute atomic E-state index is 0.323. The first-order valence-electron chi connectivity index (χ1n) is 6.74. The fourth-order valence-corrected chi connectivity index (χ4v) is 2.14. The average molecular weight is 381 g/mol. The zero-order valence-electron chi connectivity index (χ0n) is 12.2. The number of rotatable bonds is 4. The summed E-state index contributed by atoms with van der Waals surface area (Å²) in [5.41, 5.74) is 5.00. The molecule has 2 N–H and O–H groups in total. The van der Waals surface area contributed by atoms with Crippen molar-refractivity contribution in [3.63, 3.8) is 0 Å². The highest BCUT2D eigenvalue weighted by molar-refractivity contribution is 9.10. The maximum absolute atomic E-state index is 13.0. The first-order valence-corrected chi connectivity index (χ1v) is 7.53. The Morgan fingerprint density at radius 2 is 1.83 bits per heavy atom. The van der Waals surface area contributed by atoms with Crippen LogP contribution in [0.15, 0.2) is 53.0 Å². The summed E-state index contributed by atoms with van der Waals surface area (Å²) >= 11 is 3.15. The predicted octanol–water partition coefficient (Wildman–Crippen LogP) is 2.82. The third kappa shape index (κ3) is 4.79. The Hall–Kier alpha value is -2.41. The molecule has 0 saturated heterocycles. The lowest BCUT2D eigenvalue weighted by Gasteiger charge is -2.16. The van der Waals surface area contributed by atoms with E-state index in [2.05, 4.69) is 26.8 Å². The number of ether oxygens (including phenoxy) is 1. The number of carbonyl (C=O) groups excluding carboxylic acids is 2. The summed E-state index contributed by atoms with van der Waals surface area (Å²) in [6, 6.07) is 12.3. The number of amides is 2. The van der Waals surface area contributed by atoms with Gasteiger partial charge in [-0.2, -0.15) is 0 Å². The molecular weight excluding hydrogens is 367 g/mol. The number of nitrogens with one attached hydrogen (secondary N) is 2. The molecule has 1 atom stereocenters.